The number of methoxy groups -OCH3 is 1. The first-order chi connectivity index (χ1) is 11.2. The molecule has 1 saturated heterocycles. The third-order valence-corrected chi connectivity index (χ3v) is 3.66. The summed E-state index contributed by atoms with van der Waals surface area (Å²) in [5.74, 6) is 1.40. The first-order valence-corrected chi connectivity index (χ1v) is 7.48. The third kappa shape index (κ3) is 3.91. The van der Waals surface area contributed by atoms with Crippen LogP contribution in [-0.4, -0.2) is 42.2 Å². The average Bonchev–Trinajstić information content (AvgIpc) is 2.57. The summed E-state index contributed by atoms with van der Waals surface area (Å²) in [6, 6.07) is 13.1. The molecule has 2 amide bonds. The van der Waals surface area contributed by atoms with Crippen molar-refractivity contribution in [2.75, 3.05) is 20.2 Å². The molecule has 1 aliphatic rings. The number of pyridine rings is 1. The number of carbonyl (C=O) groups excluding carboxylic acids is 1. The van der Waals surface area contributed by atoms with Crippen LogP contribution >= 0.6 is 0 Å². The Morgan fingerprint density at radius 3 is 2.70 bits per heavy atom. The smallest absolute Gasteiger partial charge is 0.317 e. The average molecular weight is 313 g/mol. The van der Waals surface area contributed by atoms with E-state index in [1.807, 2.05) is 42.5 Å². The predicted octanol–water partition coefficient (Wildman–Crippen LogP) is 2.06. The lowest BCUT2D eigenvalue weighted by atomic mass is 10.2. The Hall–Kier alpha value is -2.76. The molecule has 1 aliphatic heterocycles. The largest absolute Gasteiger partial charge is 0.497 e. The van der Waals surface area contributed by atoms with Gasteiger partial charge in [0.05, 0.1) is 20.2 Å². The van der Waals surface area contributed by atoms with Crippen molar-refractivity contribution >= 4 is 6.03 Å². The second-order valence-corrected chi connectivity index (χ2v) is 5.32. The number of urea groups is 1. The second kappa shape index (κ2) is 7.00. The van der Waals surface area contributed by atoms with Crippen LogP contribution in [0.5, 0.6) is 11.6 Å². The van der Waals surface area contributed by atoms with E-state index in [1.165, 1.54) is 0 Å². The van der Waals surface area contributed by atoms with Gasteiger partial charge in [-0.2, -0.15) is 0 Å². The van der Waals surface area contributed by atoms with E-state index in [0.717, 1.165) is 11.3 Å². The predicted molar refractivity (Wildman–Crippen MR) is 85.5 cm³/mol. The monoisotopic (exact) mass is 313 g/mol. The molecule has 6 nitrogen and oxygen atoms in total. The van der Waals surface area contributed by atoms with Gasteiger partial charge in [0.1, 0.15) is 11.9 Å². The van der Waals surface area contributed by atoms with Gasteiger partial charge < -0.3 is 19.7 Å². The number of carbonyl (C=O) groups is 1. The zero-order valence-corrected chi connectivity index (χ0v) is 12.9. The summed E-state index contributed by atoms with van der Waals surface area (Å²) >= 11 is 0. The van der Waals surface area contributed by atoms with Crippen LogP contribution in [0.1, 0.15) is 5.56 Å². The number of hydrogen-bond donors (Lipinski definition) is 1. The summed E-state index contributed by atoms with van der Waals surface area (Å²) in [5, 5.41) is 2.90. The number of aromatic nitrogens is 1. The van der Waals surface area contributed by atoms with Crippen LogP contribution in [0.15, 0.2) is 48.7 Å². The van der Waals surface area contributed by atoms with E-state index in [-0.39, 0.29) is 12.1 Å². The van der Waals surface area contributed by atoms with Crippen LogP contribution in [0.2, 0.25) is 0 Å². The summed E-state index contributed by atoms with van der Waals surface area (Å²) < 4.78 is 10.8. The van der Waals surface area contributed by atoms with E-state index in [9.17, 15) is 4.79 Å². The van der Waals surface area contributed by atoms with Crippen molar-refractivity contribution in [3.05, 3.63) is 54.2 Å². The summed E-state index contributed by atoms with van der Waals surface area (Å²) in [6.45, 7) is 1.64. The second-order valence-electron chi connectivity index (χ2n) is 5.32. The number of amides is 2. The van der Waals surface area contributed by atoms with Crippen LogP contribution in [0, 0.1) is 0 Å². The van der Waals surface area contributed by atoms with Crippen molar-refractivity contribution in [2.45, 2.75) is 12.6 Å². The van der Waals surface area contributed by atoms with Crippen LogP contribution in [0.25, 0.3) is 0 Å². The number of nitrogens with zero attached hydrogens (tertiary/aromatic N) is 2. The molecule has 0 saturated carbocycles. The summed E-state index contributed by atoms with van der Waals surface area (Å²) in [6.07, 6.45) is 1.70. The van der Waals surface area contributed by atoms with Gasteiger partial charge in [0.2, 0.25) is 5.88 Å². The highest BCUT2D eigenvalue weighted by Gasteiger charge is 2.32. The highest BCUT2D eigenvalue weighted by Crippen LogP contribution is 2.16. The minimum Gasteiger partial charge on any atom is -0.497 e. The van der Waals surface area contributed by atoms with E-state index in [2.05, 4.69) is 10.3 Å². The van der Waals surface area contributed by atoms with Gasteiger partial charge in [-0.05, 0) is 23.8 Å². The first-order valence-electron chi connectivity index (χ1n) is 7.48. The Morgan fingerprint density at radius 2 is 2.04 bits per heavy atom. The van der Waals surface area contributed by atoms with Crippen LogP contribution in [-0.2, 0) is 6.54 Å². The van der Waals surface area contributed by atoms with E-state index < -0.39 is 0 Å². The Kier molecular flexibility index (Phi) is 4.61. The lowest BCUT2D eigenvalue weighted by molar-refractivity contribution is 0.0413. The summed E-state index contributed by atoms with van der Waals surface area (Å²) in [5.41, 5.74) is 1.03. The Morgan fingerprint density at radius 1 is 1.26 bits per heavy atom. The zero-order chi connectivity index (χ0) is 16.1. The molecule has 23 heavy (non-hydrogen) atoms. The lowest BCUT2D eigenvalue weighted by Gasteiger charge is -2.38. The van der Waals surface area contributed by atoms with Crippen molar-refractivity contribution in [3.8, 4) is 11.6 Å². The lowest BCUT2D eigenvalue weighted by Crippen LogP contribution is -2.58. The molecule has 0 bridgehead atoms. The molecular formula is C17H19N3O3. The Labute approximate surface area is 135 Å². The normalized spacial score (nSPS) is 14.0. The van der Waals surface area contributed by atoms with Gasteiger partial charge in [-0.15, -0.1) is 0 Å². The van der Waals surface area contributed by atoms with Crippen LogP contribution < -0.4 is 14.8 Å². The Balaban J connectivity index is 1.40. The molecule has 0 radical (unpaired) electrons. The highest BCUT2D eigenvalue weighted by atomic mass is 16.5. The van der Waals surface area contributed by atoms with Gasteiger partial charge in [-0.1, -0.05) is 18.2 Å². The van der Waals surface area contributed by atoms with Crippen molar-refractivity contribution in [3.63, 3.8) is 0 Å². The number of nitrogens with one attached hydrogen (secondary N) is 1. The Bertz CT molecular complexity index is 640. The standard InChI is InChI=1S/C17H19N3O3/c1-22-14-7-5-13(6-8-14)10-19-17(21)20-11-15(12-20)23-16-4-2-3-9-18-16/h2-9,15H,10-12H2,1H3,(H,19,21). The molecule has 0 spiro atoms. The molecular weight excluding hydrogens is 294 g/mol. The third-order valence-electron chi connectivity index (χ3n) is 3.66. The van der Waals surface area contributed by atoms with Gasteiger partial charge in [0, 0.05) is 18.8 Å². The maximum atomic E-state index is 12.0. The van der Waals surface area contributed by atoms with Crippen LogP contribution in [0.4, 0.5) is 4.79 Å². The molecule has 1 N–H and O–H groups in total. The minimum absolute atomic E-state index is 0.0108. The van der Waals surface area contributed by atoms with E-state index in [1.54, 1.807) is 18.2 Å². The molecule has 3 rings (SSSR count). The zero-order valence-electron chi connectivity index (χ0n) is 12.9. The fourth-order valence-electron chi connectivity index (χ4n) is 2.30. The number of benzene rings is 1. The molecule has 0 atom stereocenters. The molecule has 1 aromatic heterocycles. The van der Waals surface area contributed by atoms with E-state index in [0.29, 0.717) is 25.5 Å². The van der Waals surface area contributed by atoms with Gasteiger partial charge in [0.25, 0.3) is 0 Å². The fraction of sp³-hybridized carbons (Fsp3) is 0.294. The molecule has 2 heterocycles. The number of ether oxygens (including phenoxy) is 2. The van der Waals surface area contributed by atoms with E-state index in [4.69, 9.17) is 9.47 Å². The fourth-order valence-corrected chi connectivity index (χ4v) is 2.30. The molecule has 120 valence electrons. The first kappa shape index (κ1) is 15.1. The quantitative estimate of drug-likeness (QED) is 0.918. The molecule has 1 fully saturated rings. The molecule has 2 aromatic rings. The number of hydrogen-bond acceptors (Lipinski definition) is 4. The van der Waals surface area contributed by atoms with E-state index >= 15 is 0 Å². The van der Waals surface area contributed by atoms with Gasteiger partial charge >= 0.3 is 6.03 Å². The number of likely N-dealkylation sites (tertiary alicyclic amines) is 1. The van der Waals surface area contributed by atoms with Crippen molar-refractivity contribution in [1.29, 1.82) is 0 Å². The molecule has 0 unspecified atom stereocenters. The molecule has 0 aliphatic carbocycles. The minimum atomic E-state index is -0.0818. The van der Waals surface area contributed by atoms with Crippen LogP contribution in [0.3, 0.4) is 0 Å². The topological polar surface area (TPSA) is 63.7 Å². The maximum Gasteiger partial charge on any atom is 0.317 e. The molecule has 6 heteroatoms. The SMILES string of the molecule is COc1ccc(CNC(=O)N2CC(Oc3ccccn3)C2)cc1. The molecule has 1 aromatic carbocycles. The number of rotatable bonds is 5. The van der Waals surface area contributed by atoms with Crippen molar-refractivity contribution in [2.24, 2.45) is 0 Å². The highest BCUT2D eigenvalue weighted by molar-refractivity contribution is 5.75. The van der Waals surface area contributed by atoms with Crippen molar-refractivity contribution in [1.82, 2.24) is 15.2 Å². The van der Waals surface area contributed by atoms with Crippen molar-refractivity contribution < 1.29 is 14.3 Å². The maximum absolute atomic E-state index is 12.0. The summed E-state index contributed by atoms with van der Waals surface area (Å²) in [7, 11) is 1.63. The van der Waals surface area contributed by atoms with Gasteiger partial charge in [-0.3, -0.25) is 0 Å². The van der Waals surface area contributed by atoms with Gasteiger partial charge in [-0.25, -0.2) is 9.78 Å². The summed E-state index contributed by atoms with van der Waals surface area (Å²) in [4.78, 5) is 17.9. The van der Waals surface area contributed by atoms with Gasteiger partial charge in [0.15, 0.2) is 0 Å².